The van der Waals surface area contributed by atoms with Crippen molar-refractivity contribution in [2.75, 3.05) is 19.8 Å². The number of esters is 1. The molecule has 0 aliphatic heterocycles. The van der Waals surface area contributed by atoms with E-state index in [0.29, 0.717) is 36.6 Å². The normalized spacial score (nSPS) is 10.1. The van der Waals surface area contributed by atoms with Gasteiger partial charge in [0.1, 0.15) is 12.4 Å². The van der Waals surface area contributed by atoms with Gasteiger partial charge in [-0.2, -0.15) is 0 Å². The van der Waals surface area contributed by atoms with Gasteiger partial charge in [-0.15, -0.1) is 0 Å². The zero-order chi connectivity index (χ0) is 17.4. The van der Waals surface area contributed by atoms with Crippen LogP contribution in [-0.2, 0) is 4.74 Å². The van der Waals surface area contributed by atoms with Gasteiger partial charge in [-0.3, -0.25) is 4.79 Å². The average molecular weight is 392 g/mol. The van der Waals surface area contributed by atoms with Crippen LogP contribution in [0.1, 0.15) is 27.6 Å². The first-order chi connectivity index (χ1) is 11.6. The molecule has 0 radical (unpaired) electrons. The number of carbonyl (C=O) groups excluding carboxylic acids is 2. The van der Waals surface area contributed by atoms with Crippen LogP contribution in [-0.4, -0.2) is 31.6 Å². The fraction of sp³-hybridized carbons (Fsp3) is 0.222. The molecule has 6 heteroatoms. The number of amides is 1. The molecule has 2 aromatic carbocycles. The van der Waals surface area contributed by atoms with Gasteiger partial charge in [0.05, 0.1) is 24.3 Å². The molecular formula is C18H18BrNO4. The van der Waals surface area contributed by atoms with Crippen molar-refractivity contribution in [2.45, 2.75) is 6.92 Å². The minimum Gasteiger partial charge on any atom is -0.492 e. The van der Waals surface area contributed by atoms with Gasteiger partial charge in [0.2, 0.25) is 0 Å². The van der Waals surface area contributed by atoms with Crippen LogP contribution in [0.25, 0.3) is 0 Å². The van der Waals surface area contributed by atoms with Crippen LogP contribution in [0.15, 0.2) is 53.0 Å². The van der Waals surface area contributed by atoms with E-state index in [2.05, 4.69) is 21.2 Å². The maximum Gasteiger partial charge on any atom is 0.338 e. The molecule has 0 unspecified atom stereocenters. The average Bonchev–Trinajstić information content (AvgIpc) is 2.59. The lowest BCUT2D eigenvalue weighted by Gasteiger charge is -2.09. The summed E-state index contributed by atoms with van der Waals surface area (Å²) in [7, 11) is 0. The number of halogens is 1. The topological polar surface area (TPSA) is 64.6 Å². The number of rotatable bonds is 7. The van der Waals surface area contributed by atoms with E-state index in [1.54, 1.807) is 43.3 Å². The number of ether oxygens (including phenoxy) is 2. The molecule has 0 bridgehead atoms. The summed E-state index contributed by atoms with van der Waals surface area (Å²) in [4.78, 5) is 23.7. The van der Waals surface area contributed by atoms with Crippen molar-refractivity contribution in [3.8, 4) is 5.75 Å². The number of nitrogens with one attached hydrogen (secondary N) is 1. The number of hydrogen-bond acceptors (Lipinski definition) is 4. The predicted molar refractivity (Wildman–Crippen MR) is 94.4 cm³/mol. The number of benzene rings is 2. The van der Waals surface area contributed by atoms with Gasteiger partial charge in [-0.1, -0.05) is 18.2 Å². The Balaban J connectivity index is 1.82. The van der Waals surface area contributed by atoms with E-state index >= 15 is 0 Å². The summed E-state index contributed by atoms with van der Waals surface area (Å²) in [6.45, 7) is 2.73. The fourth-order valence-corrected chi connectivity index (χ4v) is 2.47. The third-order valence-electron chi connectivity index (χ3n) is 3.12. The second-order valence-electron chi connectivity index (χ2n) is 4.83. The molecule has 1 N–H and O–H groups in total. The Morgan fingerprint density at radius 3 is 2.67 bits per heavy atom. The molecule has 0 spiro atoms. The Morgan fingerprint density at radius 1 is 1.12 bits per heavy atom. The van der Waals surface area contributed by atoms with E-state index in [1.165, 1.54) is 0 Å². The fourth-order valence-electron chi connectivity index (χ4n) is 2.00. The SMILES string of the molecule is CCOC(=O)c1cccc(OCCNC(=O)c2ccccc2Br)c1. The minimum atomic E-state index is -0.384. The van der Waals surface area contributed by atoms with Crippen molar-refractivity contribution in [1.82, 2.24) is 5.32 Å². The van der Waals surface area contributed by atoms with Crippen LogP contribution in [0.2, 0.25) is 0 Å². The highest BCUT2D eigenvalue weighted by Crippen LogP contribution is 2.16. The molecule has 0 heterocycles. The monoisotopic (exact) mass is 391 g/mol. The summed E-state index contributed by atoms with van der Waals surface area (Å²) in [6, 6.07) is 14.0. The number of carbonyl (C=O) groups is 2. The molecule has 0 atom stereocenters. The number of hydrogen-bond donors (Lipinski definition) is 1. The first kappa shape index (κ1) is 18.0. The maximum atomic E-state index is 12.0. The summed E-state index contributed by atoms with van der Waals surface area (Å²) in [5.41, 5.74) is 1.01. The van der Waals surface area contributed by atoms with E-state index in [0.717, 1.165) is 4.47 Å². The van der Waals surface area contributed by atoms with Crippen LogP contribution in [0.5, 0.6) is 5.75 Å². The first-order valence-corrected chi connectivity index (χ1v) is 8.34. The second kappa shape index (κ2) is 9.08. The van der Waals surface area contributed by atoms with Crippen molar-refractivity contribution >= 4 is 27.8 Å². The highest BCUT2D eigenvalue weighted by Gasteiger charge is 2.09. The van der Waals surface area contributed by atoms with E-state index in [4.69, 9.17) is 9.47 Å². The molecule has 126 valence electrons. The Bertz CT molecular complexity index is 718. The Morgan fingerprint density at radius 2 is 1.92 bits per heavy atom. The lowest BCUT2D eigenvalue weighted by molar-refractivity contribution is 0.0525. The third kappa shape index (κ3) is 5.09. The van der Waals surface area contributed by atoms with Crippen LogP contribution in [0.3, 0.4) is 0 Å². The predicted octanol–water partition coefficient (Wildman–Crippen LogP) is 3.43. The molecule has 5 nitrogen and oxygen atoms in total. The lowest BCUT2D eigenvalue weighted by atomic mass is 10.2. The van der Waals surface area contributed by atoms with E-state index in [-0.39, 0.29) is 11.9 Å². The molecule has 0 aromatic heterocycles. The smallest absolute Gasteiger partial charge is 0.338 e. The van der Waals surface area contributed by atoms with Crippen molar-refractivity contribution < 1.29 is 19.1 Å². The van der Waals surface area contributed by atoms with E-state index in [9.17, 15) is 9.59 Å². The Hall–Kier alpha value is -2.34. The molecule has 1 amide bonds. The lowest BCUT2D eigenvalue weighted by Crippen LogP contribution is -2.28. The third-order valence-corrected chi connectivity index (χ3v) is 3.81. The highest BCUT2D eigenvalue weighted by atomic mass is 79.9. The molecule has 2 rings (SSSR count). The molecule has 0 saturated heterocycles. The summed E-state index contributed by atoms with van der Waals surface area (Å²) in [5, 5.41) is 2.78. The van der Waals surface area contributed by atoms with Gasteiger partial charge in [0, 0.05) is 4.47 Å². The van der Waals surface area contributed by atoms with Crippen LogP contribution >= 0.6 is 15.9 Å². The van der Waals surface area contributed by atoms with Gasteiger partial charge >= 0.3 is 5.97 Å². The quantitative estimate of drug-likeness (QED) is 0.579. The molecule has 0 fully saturated rings. The van der Waals surface area contributed by atoms with E-state index < -0.39 is 0 Å². The zero-order valence-electron chi connectivity index (χ0n) is 13.3. The highest BCUT2D eigenvalue weighted by molar-refractivity contribution is 9.10. The molecular weight excluding hydrogens is 374 g/mol. The van der Waals surface area contributed by atoms with Crippen LogP contribution in [0, 0.1) is 0 Å². The molecule has 24 heavy (non-hydrogen) atoms. The van der Waals surface area contributed by atoms with Gasteiger partial charge in [-0.25, -0.2) is 4.79 Å². The van der Waals surface area contributed by atoms with Gasteiger partial charge < -0.3 is 14.8 Å². The van der Waals surface area contributed by atoms with Crippen molar-refractivity contribution in [3.63, 3.8) is 0 Å². The summed E-state index contributed by atoms with van der Waals surface area (Å²) < 4.78 is 11.2. The van der Waals surface area contributed by atoms with Gasteiger partial charge in [0.25, 0.3) is 5.91 Å². The molecule has 2 aromatic rings. The Labute approximate surface area is 149 Å². The van der Waals surface area contributed by atoms with Gasteiger partial charge in [-0.05, 0) is 53.2 Å². The summed E-state index contributed by atoms with van der Waals surface area (Å²) >= 11 is 3.34. The maximum absolute atomic E-state index is 12.0. The van der Waals surface area contributed by atoms with E-state index in [1.807, 2.05) is 12.1 Å². The zero-order valence-corrected chi connectivity index (χ0v) is 14.8. The molecule has 0 aliphatic carbocycles. The van der Waals surface area contributed by atoms with Crippen molar-refractivity contribution in [3.05, 3.63) is 64.1 Å². The summed E-state index contributed by atoms with van der Waals surface area (Å²) in [5.74, 6) is -0.00720. The molecule has 0 saturated carbocycles. The Kier molecular flexibility index (Phi) is 6.81. The standard InChI is InChI=1S/C18H18BrNO4/c1-2-23-18(22)13-6-5-7-14(12-13)24-11-10-20-17(21)15-8-3-4-9-16(15)19/h3-9,12H,2,10-11H2,1H3,(H,20,21). The second-order valence-corrected chi connectivity index (χ2v) is 5.69. The first-order valence-electron chi connectivity index (χ1n) is 7.54. The van der Waals surface area contributed by atoms with Crippen LogP contribution in [0.4, 0.5) is 0 Å². The van der Waals surface area contributed by atoms with Crippen LogP contribution < -0.4 is 10.1 Å². The minimum absolute atomic E-state index is 0.175. The largest absolute Gasteiger partial charge is 0.492 e. The molecule has 0 aliphatic rings. The van der Waals surface area contributed by atoms with Crippen molar-refractivity contribution in [1.29, 1.82) is 0 Å². The van der Waals surface area contributed by atoms with Gasteiger partial charge in [0.15, 0.2) is 0 Å². The van der Waals surface area contributed by atoms with Crippen molar-refractivity contribution in [2.24, 2.45) is 0 Å². The summed E-state index contributed by atoms with van der Waals surface area (Å²) in [6.07, 6.45) is 0.